The van der Waals surface area contributed by atoms with Crippen molar-refractivity contribution in [3.63, 3.8) is 0 Å². The Morgan fingerprint density at radius 2 is 1.86 bits per heavy atom. The average molecular weight is 300 g/mol. The normalized spacial score (nSPS) is 10.4. The minimum absolute atomic E-state index is 0.0926. The number of phenolic OH excluding ortho intramolecular Hbond substituents is 1. The Morgan fingerprint density at radius 1 is 1.18 bits per heavy atom. The predicted octanol–water partition coefficient (Wildman–Crippen LogP) is 1.93. The molecule has 0 aliphatic carbocycles. The van der Waals surface area contributed by atoms with Crippen molar-refractivity contribution >= 4 is 12.1 Å². The molecule has 0 saturated carbocycles. The fourth-order valence-corrected chi connectivity index (χ4v) is 1.62. The highest BCUT2D eigenvalue weighted by Gasteiger charge is 2.02. The van der Waals surface area contributed by atoms with Crippen LogP contribution in [0.3, 0.4) is 0 Å². The molecule has 2 aromatic carbocycles. The lowest BCUT2D eigenvalue weighted by molar-refractivity contribution is -0.123. The van der Waals surface area contributed by atoms with E-state index in [2.05, 4.69) is 10.5 Å². The molecule has 114 valence electrons. The Balaban J connectivity index is 1.79. The summed E-state index contributed by atoms with van der Waals surface area (Å²) in [4.78, 5) is 11.6. The summed E-state index contributed by atoms with van der Waals surface area (Å²) >= 11 is 0. The summed E-state index contributed by atoms with van der Waals surface area (Å²) in [6.45, 7) is -0.162. The Hall–Kier alpha value is -3.02. The average Bonchev–Trinajstić information content (AvgIpc) is 2.55. The summed E-state index contributed by atoms with van der Waals surface area (Å²) in [7, 11) is 1.58. The lowest BCUT2D eigenvalue weighted by atomic mass is 10.2. The van der Waals surface area contributed by atoms with E-state index in [9.17, 15) is 9.90 Å². The van der Waals surface area contributed by atoms with E-state index in [-0.39, 0.29) is 12.4 Å². The van der Waals surface area contributed by atoms with E-state index in [0.29, 0.717) is 17.1 Å². The first-order valence-electron chi connectivity index (χ1n) is 6.56. The molecule has 0 aromatic heterocycles. The van der Waals surface area contributed by atoms with E-state index in [4.69, 9.17) is 9.47 Å². The summed E-state index contributed by atoms with van der Waals surface area (Å²) in [6.07, 6.45) is 1.36. The zero-order valence-corrected chi connectivity index (χ0v) is 12.0. The van der Waals surface area contributed by atoms with Crippen molar-refractivity contribution in [2.75, 3.05) is 13.7 Å². The van der Waals surface area contributed by atoms with Gasteiger partial charge >= 0.3 is 0 Å². The maximum atomic E-state index is 11.6. The lowest BCUT2D eigenvalue weighted by Gasteiger charge is -2.05. The Bertz CT molecular complexity index is 653. The van der Waals surface area contributed by atoms with Gasteiger partial charge in [-0.2, -0.15) is 5.10 Å². The van der Waals surface area contributed by atoms with Crippen molar-refractivity contribution in [3.05, 3.63) is 54.1 Å². The summed E-state index contributed by atoms with van der Waals surface area (Å²) in [5, 5.41) is 13.3. The number of ether oxygens (including phenoxy) is 2. The third kappa shape index (κ3) is 4.52. The van der Waals surface area contributed by atoms with Gasteiger partial charge in [0.05, 0.1) is 13.3 Å². The molecule has 22 heavy (non-hydrogen) atoms. The highest BCUT2D eigenvalue weighted by Crippen LogP contribution is 2.16. The number of aromatic hydroxyl groups is 1. The highest BCUT2D eigenvalue weighted by molar-refractivity contribution is 5.85. The molecular formula is C16H16N2O4. The molecule has 0 radical (unpaired) electrons. The van der Waals surface area contributed by atoms with Crippen molar-refractivity contribution in [1.29, 1.82) is 0 Å². The van der Waals surface area contributed by atoms with Crippen LogP contribution < -0.4 is 14.9 Å². The number of phenols is 1. The molecule has 0 atom stereocenters. The second-order valence-corrected chi connectivity index (χ2v) is 4.32. The SMILES string of the molecule is COc1ccc(OCC(=O)NN=Cc2ccccc2O)cc1. The molecule has 0 spiro atoms. The topological polar surface area (TPSA) is 80.2 Å². The van der Waals surface area contributed by atoms with E-state index < -0.39 is 5.91 Å². The molecule has 0 aliphatic rings. The molecule has 0 fully saturated rings. The van der Waals surface area contributed by atoms with Crippen LogP contribution in [0.1, 0.15) is 5.56 Å². The first-order valence-corrected chi connectivity index (χ1v) is 6.56. The van der Waals surface area contributed by atoms with Gasteiger partial charge in [0.1, 0.15) is 17.2 Å². The predicted molar refractivity (Wildman–Crippen MR) is 82.3 cm³/mol. The van der Waals surface area contributed by atoms with E-state index in [1.54, 1.807) is 49.6 Å². The zero-order valence-electron chi connectivity index (χ0n) is 12.0. The van der Waals surface area contributed by atoms with Crippen LogP contribution in [0.25, 0.3) is 0 Å². The fraction of sp³-hybridized carbons (Fsp3) is 0.125. The van der Waals surface area contributed by atoms with Crippen LogP contribution in [0.5, 0.6) is 17.2 Å². The first-order chi connectivity index (χ1) is 10.7. The summed E-state index contributed by atoms with van der Waals surface area (Å²) < 4.78 is 10.3. The number of benzene rings is 2. The molecular weight excluding hydrogens is 284 g/mol. The number of methoxy groups -OCH3 is 1. The smallest absolute Gasteiger partial charge is 0.277 e. The van der Waals surface area contributed by atoms with Crippen LogP contribution in [-0.2, 0) is 4.79 Å². The molecule has 0 bridgehead atoms. The van der Waals surface area contributed by atoms with Crippen LogP contribution in [0.4, 0.5) is 0 Å². The molecule has 0 saturated heterocycles. The maximum Gasteiger partial charge on any atom is 0.277 e. The van der Waals surface area contributed by atoms with Crippen LogP contribution in [-0.4, -0.2) is 30.9 Å². The van der Waals surface area contributed by atoms with E-state index in [1.807, 2.05) is 0 Å². The molecule has 0 heterocycles. The number of hydrogen-bond donors (Lipinski definition) is 2. The van der Waals surface area contributed by atoms with Crippen molar-refractivity contribution in [3.8, 4) is 17.2 Å². The van der Waals surface area contributed by atoms with Gasteiger partial charge in [-0.15, -0.1) is 0 Å². The van der Waals surface area contributed by atoms with Crippen molar-refractivity contribution < 1.29 is 19.4 Å². The minimum Gasteiger partial charge on any atom is -0.507 e. The molecule has 2 rings (SSSR count). The van der Waals surface area contributed by atoms with Crippen LogP contribution >= 0.6 is 0 Å². The van der Waals surface area contributed by atoms with Gasteiger partial charge in [0, 0.05) is 5.56 Å². The Kier molecular flexibility index (Phi) is 5.37. The summed E-state index contributed by atoms with van der Waals surface area (Å²) in [5.41, 5.74) is 2.83. The Morgan fingerprint density at radius 3 is 2.55 bits per heavy atom. The van der Waals surface area contributed by atoms with Gasteiger partial charge in [0.2, 0.25) is 0 Å². The number of hydrogen-bond acceptors (Lipinski definition) is 5. The van der Waals surface area contributed by atoms with Crippen LogP contribution in [0, 0.1) is 0 Å². The van der Waals surface area contributed by atoms with Crippen molar-refractivity contribution in [2.24, 2.45) is 5.10 Å². The molecule has 6 heteroatoms. The van der Waals surface area contributed by atoms with Gasteiger partial charge in [0.25, 0.3) is 5.91 Å². The number of hydrazone groups is 1. The van der Waals surface area contributed by atoms with E-state index >= 15 is 0 Å². The van der Waals surface area contributed by atoms with Gasteiger partial charge in [-0.05, 0) is 36.4 Å². The summed E-state index contributed by atoms with van der Waals surface area (Å²) in [6, 6.07) is 13.6. The molecule has 6 nitrogen and oxygen atoms in total. The van der Waals surface area contributed by atoms with Crippen molar-refractivity contribution in [2.45, 2.75) is 0 Å². The number of nitrogens with one attached hydrogen (secondary N) is 1. The molecule has 2 aromatic rings. The van der Waals surface area contributed by atoms with Crippen LogP contribution in [0.2, 0.25) is 0 Å². The quantitative estimate of drug-likeness (QED) is 0.631. The standard InChI is InChI=1S/C16H16N2O4/c1-21-13-6-8-14(9-7-13)22-11-16(20)18-17-10-12-4-2-3-5-15(12)19/h2-10,19H,11H2,1H3,(H,18,20). The van der Waals surface area contributed by atoms with Gasteiger partial charge in [-0.25, -0.2) is 5.43 Å². The van der Waals surface area contributed by atoms with Gasteiger partial charge in [-0.3, -0.25) is 4.79 Å². The Labute approximate surface area is 128 Å². The number of amides is 1. The minimum atomic E-state index is -0.400. The molecule has 2 N–H and O–H groups in total. The number of carbonyl (C=O) groups excluding carboxylic acids is 1. The number of para-hydroxylation sites is 1. The van der Waals surface area contributed by atoms with Crippen LogP contribution in [0.15, 0.2) is 53.6 Å². The monoisotopic (exact) mass is 300 g/mol. The zero-order chi connectivity index (χ0) is 15.8. The second-order valence-electron chi connectivity index (χ2n) is 4.32. The third-order valence-corrected chi connectivity index (χ3v) is 2.76. The number of nitrogens with zero attached hydrogens (tertiary/aromatic N) is 1. The third-order valence-electron chi connectivity index (χ3n) is 2.76. The van der Waals surface area contributed by atoms with Crippen molar-refractivity contribution in [1.82, 2.24) is 5.43 Å². The second kappa shape index (κ2) is 7.68. The van der Waals surface area contributed by atoms with Gasteiger partial charge in [0.15, 0.2) is 6.61 Å². The van der Waals surface area contributed by atoms with Gasteiger partial charge < -0.3 is 14.6 Å². The molecule has 0 unspecified atom stereocenters. The number of rotatable bonds is 6. The largest absolute Gasteiger partial charge is 0.507 e. The molecule has 0 aliphatic heterocycles. The first kappa shape index (κ1) is 15.4. The maximum absolute atomic E-state index is 11.6. The molecule has 1 amide bonds. The van der Waals surface area contributed by atoms with Gasteiger partial charge in [-0.1, -0.05) is 12.1 Å². The summed E-state index contributed by atoms with van der Waals surface area (Å²) in [5.74, 6) is 0.960. The van der Waals surface area contributed by atoms with E-state index in [0.717, 1.165) is 0 Å². The highest BCUT2D eigenvalue weighted by atomic mass is 16.5. The van der Waals surface area contributed by atoms with E-state index in [1.165, 1.54) is 12.3 Å². The fourth-order valence-electron chi connectivity index (χ4n) is 1.62. The number of carbonyl (C=O) groups is 1. The lowest BCUT2D eigenvalue weighted by Crippen LogP contribution is -2.24.